The number of carbonyl (C=O) groups excluding carboxylic acids is 2. The monoisotopic (exact) mass is 295 g/mol. The average molecular weight is 295 g/mol. The zero-order valence-corrected chi connectivity index (χ0v) is 12.6. The van der Waals surface area contributed by atoms with Gasteiger partial charge in [-0.1, -0.05) is 24.3 Å². The maximum absolute atomic E-state index is 12.5. The predicted octanol–water partition coefficient (Wildman–Crippen LogP) is 2.24. The van der Waals surface area contributed by atoms with Crippen molar-refractivity contribution < 1.29 is 9.59 Å². The molecule has 2 heterocycles. The molecule has 0 spiro atoms. The fourth-order valence-electron chi connectivity index (χ4n) is 2.80. The van der Waals surface area contributed by atoms with Crippen LogP contribution < -0.4 is 0 Å². The van der Waals surface area contributed by atoms with Gasteiger partial charge in [-0.15, -0.1) is 0 Å². The van der Waals surface area contributed by atoms with Crippen molar-refractivity contribution in [3.05, 3.63) is 65.5 Å². The Kier molecular flexibility index (Phi) is 3.63. The van der Waals surface area contributed by atoms with Crippen LogP contribution in [0.15, 0.2) is 48.8 Å². The van der Waals surface area contributed by atoms with E-state index in [-0.39, 0.29) is 18.4 Å². The number of amides is 3. The van der Waals surface area contributed by atoms with Crippen molar-refractivity contribution in [1.29, 1.82) is 0 Å². The van der Waals surface area contributed by atoms with E-state index < -0.39 is 6.04 Å². The first-order valence-corrected chi connectivity index (χ1v) is 7.10. The molecule has 2 aromatic rings. The lowest BCUT2D eigenvalue weighted by Gasteiger charge is -2.37. The molecule has 3 rings (SSSR count). The van der Waals surface area contributed by atoms with Gasteiger partial charge in [0, 0.05) is 26.5 Å². The van der Waals surface area contributed by atoms with E-state index in [2.05, 4.69) is 4.98 Å². The maximum atomic E-state index is 12.5. The van der Waals surface area contributed by atoms with Gasteiger partial charge >= 0.3 is 6.03 Å². The molecule has 1 atom stereocenters. The Morgan fingerprint density at radius 1 is 1.18 bits per heavy atom. The largest absolute Gasteiger partial charge is 0.330 e. The number of urea groups is 1. The van der Waals surface area contributed by atoms with Crippen LogP contribution in [0.1, 0.15) is 22.7 Å². The fourth-order valence-corrected chi connectivity index (χ4v) is 2.80. The van der Waals surface area contributed by atoms with Crippen molar-refractivity contribution in [2.24, 2.45) is 0 Å². The molecule has 5 nitrogen and oxygen atoms in total. The van der Waals surface area contributed by atoms with Crippen LogP contribution in [0, 0.1) is 0 Å². The fraction of sp³-hybridized carbons (Fsp3) is 0.235. The van der Waals surface area contributed by atoms with Gasteiger partial charge in [-0.2, -0.15) is 0 Å². The summed E-state index contributed by atoms with van der Waals surface area (Å²) >= 11 is 0. The van der Waals surface area contributed by atoms with Crippen LogP contribution in [-0.2, 0) is 11.2 Å². The first kappa shape index (κ1) is 14.3. The number of nitrogens with zero attached hydrogens (tertiary/aromatic N) is 3. The van der Waals surface area contributed by atoms with E-state index in [1.165, 1.54) is 9.80 Å². The Labute approximate surface area is 129 Å². The summed E-state index contributed by atoms with van der Waals surface area (Å²) in [5.41, 5.74) is 2.84. The van der Waals surface area contributed by atoms with E-state index in [1.54, 1.807) is 26.5 Å². The van der Waals surface area contributed by atoms with E-state index in [4.69, 9.17) is 0 Å². The Morgan fingerprint density at radius 2 is 1.86 bits per heavy atom. The van der Waals surface area contributed by atoms with Gasteiger partial charge in [0.2, 0.25) is 5.91 Å². The number of hydrogen-bond donors (Lipinski definition) is 0. The number of carbonyl (C=O) groups is 2. The number of benzene rings is 1. The number of rotatable bonds is 1. The standard InChI is InChI=1S/C17H17N3O2/c1-19(2)17(22)20-15(21)11-13-5-3-4-6-14(13)16(20)12-7-9-18-10-8-12/h3-10,16H,11H2,1-2H3. The summed E-state index contributed by atoms with van der Waals surface area (Å²) in [6.45, 7) is 0. The van der Waals surface area contributed by atoms with Gasteiger partial charge in [-0.25, -0.2) is 4.79 Å². The summed E-state index contributed by atoms with van der Waals surface area (Å²) < 4.78 is 0. The molecule has 0 bridgehead atoms. The van der Waals surface area contributed by atoms with Gasteiger partial charge in [0.25, 0.3) is 0 Å². The highest BCUT2D eigenvalue weighted by Crippen LogP contribution is 2.35. The van der Waals surface area contributed by atoms with Gasteiger partial charge in [0.15, 0.2) is 0 Å². The molecule has 3 amide bonds. The summed E-state index contributed by atoms with van der Waals surface area (Å²) in [5.74, 6) is -0.181. The van der Waals surface area contributed by atoms with E-state index in [0.717, 1.165) is 16.7 Å². The lowest BCUT2D eigenvalue weighted by molar-refractivity contribution is -0.130. The highest BCUT2D eigenvalue weighted by Gasteiger charge is 2.38. The average Bonchev–Trinajstić information content (AvgIpc) is 2.53. The van der Waals surface area contributed by atoms with Crippen molar-refractivity contribution in [2.75, 3.05) is 14.1 Å². The van der Waals surface area contributed by atoms with E-state index in [9.17, 15) is 9.59 Å². The molecule has 0 N–H and O–H groups in total. The zero-order valence-electron chi connectivity index (χ0n) is 12.6. The number of pyridine rings is 1. The van der Waals surface area contributed by atoms with E-state index in [1.807, 2.05) is 36.4 Å². The smallest absolute Gasteiger partial charge is 0.327 e. The lowest BCUT2D eigenvalue weighted by Crippen LogP contribution is -2.48. The van der Waals surface area contributed by atoms with Crippen LogP contribution in [-0.4, -0.2) is 40.8 Å². The highest BCUT2D eigenvalue weighted by atomic mass is 16.2. The number of imide groups is 1. The molecule has 22 heavy (non-hydrogen) atoms. The predicted molar refractivity (Wildman–Crippen MR) is 82.2 cm³/mol. The second kappa shape index (κ2) is 5.60. The number of fused-ring (bicyclic) bond motifs is 1. The summed E-state index contributed by atoms with van der Waals surface area (Å²) in [7, 11) is 3.31. The second-order valence-corrected chi connectivity index (χ2v) is 5.50. The molecular formula is C17H17N3O2. The molecule has 0 fully saturated rings. The molecule has 5 heteroatoms. The molecule has 1 unspecified atom stereocenters. The van der Waals surface area contributed by atoms with Crippen LogP contribution in [0.3, 0.4) is 0 Å². The Hall–Kier alpha value is -2.69. The molecule has 1 aromatic carbocycles. The summed E-state index contributed by atoms with van der Waals surface area (Å²) in [5, 5.41) is 0. The molecule has 1 aromatic heterocycles. The van der Waals surface area contributed by atoms with Crippen molar-refractivity contribution in [2.45, 2.75) is 12.5 Å². The van der Waals surface area contributed by atoms with Crippen molar-refractivity contribution >= 4 is 11.9 Å². The summed E-state index contributed by atoms with van der Waals surface area (Å²) in [6, 6.07) is 10.7. The first-order chi connectivity index (χ1) is 10.6. The molecule has 0 radical (unpaired) electrons. The second-order valence-electron chi connectivity index (χ2n) is 5.50. The maximum Gasteiger partial charge on any atom is 0.327 e. The Morgan fingerprint density at radius 3 is 2.55 bits per heavy atom. The minimum atomic E-state index is -0.407. The topological polar surface area (TPSA) is 53.5 Å². The van der Waals surface area contributed by atoms with E-state index in [0.29, 0.717) is 0 Å². The lowest BCUT2D eigenvalue weighted by atomic mass is 9.88. The van der Waals surface area contributed by atoms with Crippen molar-refractivity contribution in [1.82, 2.24) is 14.8 Å². The van der Waals surface area contributed by atoms with Gasteiger partial charge in [-0.3, -0.25) is 14.7 Å². The molecule has 0 aliphatic carbocycles. The first-order valence-electron chi connectivity index (χ1n) is 7.10. The van der Waals surface area contributed by atoms with Crippen LogP contribution in [0.2, 0.25) is 0 Å². The SMILES string of the molecule is CN(C)C(=O)N1C(=O)Cc2ccccc2C1c1ccncc1. The third-order valence-electron chi connectivity index (χ3n) is 3.83. The Bertz CT molecular complexity index is 713. The minimum Gasteiger partial charge on any atom is -0.330 e. The minimum absolute atomic E-state index is 0.181. The van der Waals surface area contributed by atoms with Crippen molar-refractivity contribution in [3.63, 3.8) is 0 Å². The van der Waals surface area contributed by atoms with Crippen LogP contribution in [0.5, 0.6) is 0 Å². The van der Waals surface area contributed by atoms with Crippen LogP contribution in [0.25, 0.3) is 0 Å². The zero-order chi connectivity index (χ0) is 15.7. The van der Waals surface area contributed by atoms with Gasteiger partial charge in [0.05, 0.1) is 12.5 Å². The van der Waals surface area contributed by atoms with Gasteiger partial charge in [0.1, 0.15) is 0 Å². The Balaban J connectivity index is 2.17. The summed E-state index contributed by atoms with van der Waals surface area (Å²) in [4.78, 5) is 31.9. The number of hydrogen-bond acceptors (Lipinski definition) is 3. The quantitative estimate of drug-likeness (QED) is 0.810. The molecular weight excluding hydrogens is 278 g/mol. The van der Waals surface area contributed by atoms with Gasteiger partial charge < -0.3 is 4.90 Å². The third kappa shape index (κ3) is 2.35. The highest BCUT2D eigenvalue weighted by molar-refractivity contribution is 5.97. The molecule has 1 aliphatic heterocycles. The molecule has 112 valence electrons. The number of aromatic nitrogens is 1. The van der Waals surface area contributed by atoms with Crippen LogP contribution in [0.4, 0.5) is 4.79 Å². The molecule has 0 saturated heterocycles. The third-order valence-corrected chi connectivity index (χ3v) is 3.83. The van der Waals surface area contributed by atoms with Crippen molar-refractivity contribution in [3.8, 4) is 0 Å². The summed E-state index contributed by atoms with van der Waals surface area (Å²) in [6.07, 6.45) is 3.60. The molecule has 1 aliphatic rings. The van der Waals surface area contributed by atoms with E-state index >= 15 is 0 Å². The van der Waals surface area contributed by atoms with Crippen LogP contribution >= 0.6 is 0 Å². The molecule has 0 saturated carbocycles. The normalized spacial score (nSPS) is 17.1. The van der Waals surface area contributed by atoms with Gasteiger partial charge in [-0.05, 0) is 28.8 Å².